The van der Waals surface area contributed by atoms with Gasteiger partial charge < -0.3 is 25.1 Å². The molecule has 206 valence electrons. The standard InChI is InChI=1S/C17H26FN3O.2C2HF3O2/c18-15-1-3-16(4-2-15)21-13-11-20(12-14-21)10-9-19-7-5-17(22)6-8-19;2*3-2(4,5)1(6)7/h1-4,17,22H,5-14H2;2*(H,6,7). The molecule has 1 aromatic rings. The SMILES string of the molecule is O=C(O)C(F)(F)F.O=C(O)C(F)(F)F.OC1CCN(CCN2CCN(c3ccc(F)cc3)CC2)CC1. The predicted molar refractivity (Wildman–Crippen MR) is 114 cm³/mol. The van der Waals surface area contributed by atoms with Gasteiger partial charge in [0.05, 0.1) is 6.10 Å². The number of piperazine rings is 1. The van der Waals surface area contributed by atoms with Crippen molar-refractivity contribution in [3.63, 3.8) is 0 Å². The van der Waals surface area contributed by atoms with Gasteiger partial charge in [0.2, 0.25) is 0 Å². The molecule has 3 N–H and O–H groups in total. The number of halogens is 7. The number of carbonyl (C=O) groups is 2. The van der Waals surface area contributed by atoms with Crippen LogP contribution < -0.4 is 4.90 Å². The molecule has 1 aromatic carbocycles. The number of hydrogen-bond acceptors (Lipinski definition) is 6. The number of rotatable bonds is 4. The number of carboxylic acids is 2. The van der Waals surface area contributed by atoms with Gasteiger partial charge >= 0.3 is 24.3 Å². The molecule has 0 spiro atoms. The lowest BCUT2D eigenvalue weighted by molar-refractivity contribution is -0.193. The van der Waals surface area contributed by atoms with Crippen LogP contribution in [0.4, 0.5) is 36.4 Å². The summed E-state index contributed by atoms with van der Waals surface area (Å²) in [6, 6.07) is 6.80. The van der Waals surface area contributed by atoms with Crippen molar-refractivity contribution in [2.45, 2.75) is 31.3 Å². The molecule has 0 radical (unpaired) electrons. The van der Waals surface area contributed by atoms with Crippen molar-refractivity contribution in [3.8, 4) is 0 Å². The number of likely N-dealkylation sites (tertiary alicyclic amines) is 1. The van der Waals surface area contributed by atoms with Crippen LogP contribution in [0.2, 0.25) is 0 Å². The fraction of sp³-hybridized carbons (Fsp3) is 0.619. The van der Waals surface area contributed by atoms with Crippen LogP contribution in [0.15, 0.2) is 24.3 Å². The van der Waals surface area contributed by atoms with Crippen LogP contribution in [0, 0.1) is 5.82 Å². The molecule has 0 atom stereocenters. The predicted octanol–water partition coefficient (Wildman–Crippen LogP) is 2.67. The van der Waals surface area contributed by atoms with Gasteiger partial charge in [-0.25, -0.2) is 14.0 Å². The maximum atomic E-state index is 13.0. The summed E-state index contributed by atoms with van der Waals surface area (Å²) in [5, 5.41) is 23.8. The number of hydrogen-bond donors (Lipinski definition) is 3. The first-order valence-electron chi connectivity index (χ1n) is 10.8. The number of alkyl halides is 6. The van der Waals surface area contributed by atoms with E-state index >= 15 is 0 Å². The second kappa shape index (κ2) is 14.2. The summed E-state index contributed by atoms with van der Waals surface area (Å²) in [4.78, 5) is 25.1. The topological polar surface area (TPSA) is 105 Å². The second-order valence-corrected chi connectivity index (χ2v) is 7.98. The minimum absolute atomic E-state index is 0.0875. The molecule has 0 saturated carbocycles. The first-order chi connectivity index (χ1) is 16.6. The van der Waals surface area contributed by atoms with E-state index in [9.17, 15) is 35.8 Å². The van der Waals surface area contributed by atoms with Crippen molar-refractivity contribution < 1.29 is 55.6 Å². The van der Waals surface area contributed by atoms with Gasteiger partial charge in [0.25, 0.3) is 0 Å². The zero-order valence-electron chi connectivity index (χ0n) is 19.1. The zero-order valence-corrected chi connectivity index (χ0v) is 19.1. The van der Waals surface area contributed by atoms with Crippen LogP contribution in [0.3, 0.4) is 0 Å². The quantitative estimate of drug-likeness (QED) is 0.506. The molecule has 2 fully saturated rings. The summed E-state index contributed by atoms with van der Waals surface area (Å²) in [5.74, 6) is -5.69. The van der Waals surface area contributed by atoms with E-state index in [-0.39, 0.29) is 11.9 Å². The Bertz CT molecular complexity index is 782. The summed E-state index contributed by atoms with van der Waals surface area (Å²) in [6.07, 6.45) is -8.42. The summed E-state index contributed by atoms with van der Waals surface area (Å²) in [6.45, 7) is 8.39. The lowest BCUT2D eigenvalue weighted by atomic mass is 10.1. The molecule has 2 aliphatic rings. The van der Waals surface area contributed by atoms with E-state index in [0.717, 1.165) is 70.9 Å². The van der Waals surface area contributed by atoms with E-state index in [1.807, 2.05) is 12.1 Å². The van der Waals surface area contributed by atoms with Crippen molar-refractivity contribution in [2.75, 3.05) is 57.3 Å². The van der Waals surface area contributed by atoms with Crippen LogP contribution in [-0.4, -0.2) is 108 Å². The molecule has 2 aliphatic heterocycles. The van der Waals surface area contributed by atoms with Crippen molar-refractivity contribution in [1.29, 1.82) is 0 Å². The minimum Gasteiger partial charge on any atom is -0.475 e. The van der Waals surface area contributed by atoms with Gasteiger partial charge in [-0.15, -0.1) is 0 Å². The average Bonchev–Trinajstić information content (AvgIpc) is 2.79. The Morgan fingerprint density at radius 3 is 1.47 bits per heavy atom. The maximum Gasteiger partial charge on any atom is 0.490 e. The van der Waals surface area contributed by atoms with Gasteiger partial charge in [0, 0.05) is 58.0 Å². The van der Waals surface area contributed by atoms with Gasteiger partial charge in [-0.1, -0.05) is 0 Å². The lowest BCUT2D eigenvalue weighted by Crippen LogP contribution is -2.49. The van der Waals surface area contributed by atoms with E-state index < -0.39 is 24.3 Å². The molecule has 15 heteroatoms. The minimum atomic E-state index is -5.08. The Labute approximate surface area is 202 Å². The third kappa shape index (κ3) is 12.4. The van der Waals surface area contributed by atoms with E-state index in [1.165, 1.54) is 12.1 Å². The molecule has 0 aliphatic carbocycles. The smallest absolute Gasteiger partial charge is 0.475 e. The van der Waals surface area contributed by atoms with Crippen molar-refractivity contribution >= 4 is 17.6 Å². The molecule has 0 aromatic heterocycles. The van der Waals surface area contributed by atoms with E-state index in [0.29, 0.717) is 0 Å². The Balaban J connectivity index is 0.000000383. The third-order valence-corrected chi connectivity index (χ3v) is 5.34. The Hall–Kier alpha value is -2.65. The molecular weight excluding hydrogens is 507 g/mol. The normalized spacial score (nSPS) is 17.9. The number of piperidine rings is 1. The van der Waals surface area contributed by atoms with Crippen molar-refractivity contribution in [1.82, 2.24) is 9.80 Å². The van der Waals surface area contributed by atoms with Gasteiger partial charge in [-0.05, 0) is 37.1 Å². The van der Waals surface area contributed by atoms with E-state index in [4.69, 9.17) is 19.8 Å². The Morgan fingerprint density at radius 1 is 0.750 bits per heavy atom. The van der Waals surface area contributed by atoms with E-state index in [2.05, 4.69) is 14.7 Å². The monoisotopic (exact) mass is 535 g/mol. The molecule has 36 heavy (non-hydrogen) atoms. The van der Waals surface area contributed by atoms with Gasteiger partial charge in [0.1, 0.15) is 5.82 Å². The highest BCUT2D eigenvalue weighted by Gasteiger charge is 2.38. The number of aliphatic hydroxyl groups excluding tert-OH is 1. The van der Waals surface area contributed by atoms with Crippen LogP contribution in [-0.2, 0) is 9.59 Å². The van der Waals surface area contributed by atoms with Crippen LogP contribution >= 0.6 is 0 Å². The van der Waals surface area contributed by atoms with Gasteiger partial charge in [-0.3, -0.25) is 4.90 Å². The molecule has 0 bridgehead atoms. The second-order valence-electron chi connectivity index (χ2n) is 7.98. The van der Waals surface area contributed by atoms with Crippen LogP contribution in [0.25, 0.3) is 0 Å². The van der Waals surface area contributed by atoms with Crippen LogP contribution in [0.1, 0.15) is 12.8 Å². The average molecular weight is 535 g/mol. The number of carboxylic acid groups (broad SMARTS) is 2. The van der Waals surface area contributed by atoms with Crippen molar-refractivity contribution in [2.24, 2.45) is 0 Å². The number of aliphatic hydroxyl groups is 1. The molecule has 3 rings (SSSR count). The summed E-state index contributed by atoms with van der Waals surface area (Å²) >= 11 is 0. The molecule has 0 unspecified atom stereocenters. The number of nitrogens with zero attached hydrogens (tertiary/aromatic N) is 3. The number of aliphatic carboxylic acids is 2. The fourth-order valence-electron chi connectivity index (χ4n) is 3.31. The van der Waals surface area contributed by atoms with Crippen LogP contribution in [0.5, 0.6) is 0 Å². The zero-order chi connectivity index (χ0) is 27.5. The largest absolute Gasteiger partial charge is 0.490 e. The highest BCUT2D eigenvalue weighted by Crippen LogP contribution is 2.17. The number of anilines is 1. The Morgan fingerprint density at radius 2 is 1.11 bits per heavy atom. The highest BCUT2D eigenvalue weighted by molar-refractivity contribution is 5.73. The molecular formula is C21H28F7N3O5. The summed E-state index contributed by atoms with van der Waals surface area (Å²) in [5.41, 5.74) is 1.12. The highest BCUT2D eigenvalue weighted by atomic mass is 19.4. The van der Waals surface area contributed by atoms with Crippen molar-refractivity contribution in [3.05, 3.63) is 30.1 Å². The molecule has 0 amide bonds. The number of benzene rings is 1. The fourth-order valence-corrected chi connectivity index (χ4v) is 3.31. The Kier molecular flexibility index (Phi) is 12.4. The lowest BCUT2D eigenvalue weighted by Gasteiger charge is -2.37. The maximum absolute atomic E-state index is 13.0. The van der Waals surface area contributed by atoms with Gasteiger partial charge in [-0.2, -0.15) is 26.3 Å². The third-order valence-electron chi connectivity index (χ3n) is 5.34. The van der Waals surface area contributed by atoms with Gasteiger partial charge in [0.15, 0.2) is 0 Å². The first kappa shape index (κ1) is 31.4. The molecule has 2 saturated heterocycles. The summed E-state index contributed by atoms with van der Waals surface area (Å²) < 4.78 is 76.4. The summed E-state index contributed by atoms with van der Waals surface area (Å²) in [7, 11) is 0. The first-order valence-corrected chi connectivity index (χ1v) is 10.8. The molecule has 8 nitrogen and oxygen atoms in total. The van der Waals surface area contributed by atoms with E-state index in [1.54, 1.807) is 0 Å². The molecule has 2 heterocycles.